The van der Waals surface area contributed by atoms with Crippen molar-refractivity contribution < 1.29 is 9.53 Å². The van der Waals surface area contributed by atoms with E-state index in [1.54, 1.807) is 0 Å². The minimum atomic E-state index is 0.107. The number of likely N-dealkylation sites (N-methyl/N-ethyl adjacent to an activating group) is 1. The van der Waals surface area contributed by atoms with E-state index < -0.39 is 0 Å². The zero-order chi connectivity index (χ0) is 20.4. The van der Waals surface area contributed by atoms with Crippen molar-refractivity contribution in [3.63, 3.8) is 0 Å². The largest absolute Gasteiger partial charge is 0.373 e. The molecule has 2 aliphatic heterocycles. The number of carbonyl (C=O) groups excluding carboxylic acids is 1. The van der Waals surface area contributed by atoms with Gasteiger partial charge in [0.15, 0.2) is 0 Å². The lowest BCUT2D eigenvalue weighted by atomic mass is 10.1. The van der Waals surface area contributed by atoms with Gasteiger partial charge in [-0.05, 0) is 43.2 Å². The highest BCUT2D eigenvalue weighted by Crippen LogP contribution is 2.24. The fourth-order valence-corrected chi connectivity index (χ4v) is 4.47. The van der Waals surface area contributed by atoms with Crippen LogP contribution < -0.4 is 4.90 Å². The molecule has 0 N–H and O–H groups in total. The molecular weight excluding hydrogens is 362 g/mol. The first-order chi connectivity index (χ1) is 14.0. The van der Waals surface area contributed by atoms with E-state index in [-0.39, 0.29) is 18.1 Å². The molecule has 0 radical (unpaired) electrons. The van der Waals surface area contributed by atoms with Crippen LogP contribution in [0.3, 0.4) is 0 Å². The third kappa shape index (κ3) is 4.62. The number of amides is 1. The van der Waals surface area contributed by atoms with E-state index in [0.29, 0.717) is 6.54 Å². The Morgan fingerprint density at radius 1 is 1.00 bits per heavy atom. The van der Waals surface area contributed by atoms with Crippen molar-refractivity contribution in [3.05, 3.63) is 65.2 Å². The fourth-order valence-electron chi connectivity index (χ4n) is 4.47. The summed E-state index contributed by atoms with van der Waals surface area (Å²) in [5.41, 5.74) is 4.42. The molecule has 2 aromatic carbocycles. The predicted octanol–water partition coefficient (Wildman–Crippen LogP) is 3.39. The summed E-state index contributed by atoms with van der Waals surface area (Å²) in [5, 5.41) is 0. The van der Waals surface area contributed by atoms with Crippen molar-refractivity contribution in [1.29, 1.82) is 0 Å². The Morgan fingerprint density at radius 3 is 2.41 bits per heavy atom. The average Bonchev–Trinajstić information content (AvgIpc) is 2.87. The number of benzene rings is 2. The smallest absolute Gasteiger partial charge is 0.254 e. The van der Waals surface area contributed by atoms with Gasteiger partial charge in [-0.3, -0.25) is 9.69 Å². The highest BCUT2D eigenvalue weighted by molar-refractivity contribution is 5.94. The van der Waals surface area contributed by atoms with Crippen molar-refractivity contribution in [3.8, 4) is 0 Å². The number of carbonyl (C=O) groups is 1. The Hall–Kier alpha value is -2.37. The molecule has 0 saturated carbocycles. The van der Waals surface area contributed by atoms with E-state index in [1.165, 1.54) is 16.8 Å². The van der Waals surface area contributed by atoms with Gasteiger partial charge >= 0.3 is 0 Å². The molecular formula is C24H31N3O2. The van der Waals surface area contributed by atoms with Crippen LogP contribution in [0.15, 0.2) is 48.5 Å². The number of para-hydroxylation sites is 1. The molecule has 0 spiro atoms. The van der Waals surface area contributed by atoms with Crippen molar-refractivity contribution in [2.24, 2.45) is 0 Å². The molecule has 0 aromatic heterocycles. The van der Waals surface area contributed by atoms with Gasteiger partial charge < -0.3 is 14.5 Å². The Morgan fingerprint density at radius 2 is 1.69 bits per heavy atom. The minimum Gasteiger partial charge on any atom is -0.373 e. The topological polar surface area (TPSA) is 36.0 Å². The normalized spacial score (nSPS) is 22.9. The van der Waals surface area contributed by atoms with Gasteiger partial charge in [-0.2, -0.15) is 0 Å². The first-order valence-corrected chi connectivity index (χ1v) is 10.5. The summed E-state index contributed by atoms with van der Waals surface area (Å²) in [4.78, 5) is 19.8. The summed E-state index contributed by atoms with van der Waals surface area (Å²) >= 11 is 0. The number of nitrogens with zero attached hydrogens (tertiary/aromatic N) is 3. The van der Waals surface area contributed by atoms with Gasteiger partial charge in [0.05, 0.1) is 12.2 Å². The molecule has 5 heteroatoms. The summed E-state index contributed by atoms with van der Waals surface area (Å²) in [6.45, 7) is 9.28. The second kappa shape index (κ2) is 8.56. The Bertz CT molecular complexity index is 841. The highest BCUT2D eigenvalue weighted by atomic mass is 16.5. The molecule has 0 bridgehead atoms. The van der Waals surface area contributed by atoms with Crippen LogP contribution in [-0.2, 0) is 17.8 Å². The van der Waals surface area contributed by atoms with Crippen LogP contribution >= 0.6 is 0 Å². The molecule has 154 valence electrons. The number of ether oxygens (including phenoxy) is 1. The summed E-state index contributed by atoms with van der Waals surface area (Å²) in [5.74, 6) is 0.107. The lowest BCUT2D eigenvalue weighted by Crippen LogP contribution is -2.44. The summed E-state index contributed by atoms with van der Waals surface area (Å²) in [6.07, 6.45) is 0.535. The zero-order valence-corrected chi connectivity index (χ0v) is 17.7. The first kappa shape index (κ1) is 19.9. The number of morpholine rings is 1. The van der Waals surface area contributed by atoms with Gasteiger partial charge in [-0.25, -0.2) is 0 Å². The number of rotatable bonds is 3. The summed E-state index contributed by atoms with van der Waals surface area (Å²) < 4.78 is 5.82. The van der Waals surface area contributed by atoms with Crippen LogP contribution in [0, 0.1) is 0 Å². The third-order valence-electron chi connectivity index (χ3n) is 5.86. The van der Waals surface area contributed by atoms with Gasteiger partial charge in [0, 0.05) is 57.6 Å². The van der Waals surface area contributed by atoms with Crippen LogP contribution in [0.4, 0.5) is 5.69 Å². The number of anilines is 1. The molecule has 29 heavy (non-hydrogen) atoms. The van der Waals surface area contributed by atoms with Crippen LogP contribution in [-0.4, -0.2) is 61.1 Å². The highest BCUT2D eigenvalue weighted by Gasteiger charge is 2.23. The molecule has 4 rings (SSSR count). The Labute approximate surface area is 173 Å². The zero-order valence-electron chi connectivity index (χ0n) is 17.7. The van der Waals surface area contributed by atoms with E-state index in [1.807, 2.05) is 23.1 Å². The van der Waals surface area contributed by atoms with E-state index in [4.69, 9.17) is 4.74 Å². The molecule has 1 fully saturated rings. The molecule has 5 nitrogen and oxygen atoms in total. The third-order valence-corrected chi connectivity index (χ3v) is 5.86. The second-order valence-corrected chi connectivity index (χ2v) is 8.43. The van der Waals surface area contributed by atoms with E-state index in [0.717, 1.165) is 38.3 Å². The number of hydrogen-bond donors (Lipinski definition) is 0. The fraction of sp³-hybridized carbons (Fsp3) is 0.458. The monoisotopic (exact) mass is 393 g/mol. The SMILES string of the molecule is CC1CN(Cc2ccc(C(=O)N3CCN(C)c4ccccc4C3)cc2)CC(C)O1. The van der Waals surface area contributed by atoms with Crippen LogP contribution in [0.5, 0.6) is 0 Å². The Balaban J connectivity index is 1.43. The van der Waals surface area contributed by atoms with Gasteiger partial charge in [0.1, 0.15) is 0 Å². The van der Waals surface area contributed by atoms with Crippen molar-refractivity contribution in [1.82, 2.24) is 9.80 Å². The van der Waals surface area contributed by atoms with Gasteiger partial charge in [-0.1, -0.05) is 30.3 Å². The van der Waals surface area contributed by atoms with Crippen molar-refractivity contribution in [2.45, 2.75) is 39.1 Å². The summed E-state index contributed by atoms with van der Waals surface area (Å²) in [6, 6.07) is 16.5. The van der Waals surface area contributed by atoms with E-state index >= 15 is 0 Å². The first-order valence-electron chi connectivity index (χ1n) is 10.5. The standard InChI is InChI=1S/C24H31N3O2/c1-18-14-26(15-19(2)29-18)16-20-8-10-21(11-9-20)24(28)27-13-12-25(3)23-7-5-4-6-22(23)17-27/h4-11,18-19H,12-17H2,1-3H3. The maximum Gasteiger partial charge on any atom is 0.254 e. The lowest BCUT2D eigenvalue weighted by Gasteiger charge is -2.35. The van der Waals surface area contributed by atoms with Crippen LogP contribution in [0.1, 0.15) is 35.3 Å². The molecule has 2 aliphatic rings. The van der Waals surface area contributed by atoms with Gasteiger partial charge in [0.25, 0.3) is 5.91 Å². The second-order valence-electron chi connectivity index (χ2n) is 8.43. The maximum absolute atomic E-state index is 13.1. The number of hydrogen-bond acceptors (Lipinski definition) is 4. The van der Waals surface area contributed by atoms with E-state index in [2.05, 4.69) is 61.0 Å². The van der Waals surface area contributed by atoms with E-state index in [9.17, 15) is 4.79 Å². The van der Waals surface area contributed by atoms with Crippen molar-refractivity contribution in [2.75, 3.05) is 38.1 Å². The summed E-state index contributed by atoms with van der Waals surface area (Å²) in [7, 11) is 2.09. The minimum absolute atomic E-state index is 0.107. The Kier molecular flexibility index (Phi) is 5.88. The lowest BCUT2D eigenvalue weighted by molar-refractivity contribution is -0.0704. The molecule has 2 unspecified atom stereocenters. The molecule has 2 aromatic rings. The van der Waals surface area contributed by atoms with Crippen LogP contribution in [0.2, 0.25) is 0 Å². The number of fused-ring (bicyclic) bond motifs is 1. The quantitative estimate of drug-likeness (QED) is 0.801. The van der Waals surface area contributed by atoms with Gasteiger partial charge in [-0.15, -0.1) is 0 Å². The molecule has 2 heterocycles. The van der Waals surface area contributed by atoms with Gasteiger partial charge in [0.2, 0.25) is 0 Å². The molecule has 2 atom stereocenters. The van der Waals surface area contributed by atoms with Crippen LogP contribution in [0.25, 0.3) is 0 Å². The molecule has 1 amide bonds. The van der Waals surface area contributed by atoms with Crippen molar-refractivity contribution >= 4 is 11.6 Å². The maximum atomic E-state index is 13.1. The molecule has 1 saturated heterocycles. The predicted molar refractivity (Wildman–Crippen MR) is 116 cm³/mol. The molecule has 0 aliphatic carbocycles. The average molecular weight is 394 g/mol.